The van der Waals surface area contributed by atoms with Gasteiger partial charge >= 0.3 is 5.97 Å². The second-order valence-corrected chi connectivity index (χ2v) is 12.4. The summed E-state index contributed by atoms with van der Waals surface area (Å²) >= 11 is 3.68. The first-order valence-electron chi connectivity index (χ1n) is 13.9. The van der Waals surface area contributed by atoms with Gasteiger partial charge in [0.25, 0.3) is 0 Å². The van der Waals surface area contributed by atoms with Gasteiger partial charge in [0.1, 0.15) is 11.6 Å². The Morgan fingerprint density at radius 2 is 2.00 bits per heavy atom. The highest BCUT2D eigenvalue weighted by atomic mass is 79.9. The minimum atomic E-state index is -1.20. The summed E-state index contributed by atoms with van der Waals surface area (Å²) in [5.74, 6) is -2.91. The number of likely N-dealkylation sites (tertiary alicyclic amines) is 1. The van der Waals surface area contributed by atoms with Gasteiger partial charge in [0.2, 0.25) is 11.8 Å². The third-order valence-corrected chi connectivity index (χ3v) is 9.41. The van der Waals surface area contributed by atoms with Crippen LogP contribution in [0.2, 0.25) is 0 Å². The number of carbonyl (C=O) groups excluding carboxylic acids is 3. The molecule has 1 N–H and O–H groups in total. The van der Waals surface area contributed by atoms with Gasteiger partial charge in [-0.3, -0.25) is 19.3 Å². The summed E-state index contributed by atoms with van der Waals surface area (Å²) in [4.78, 5) is 47.2. The molecule has 4 aliphatic heterocycles. The largest absolute Gasteiger partial charge is 0.465 e. The van der Waals surface area contributed by atoms with Crippen LogP contribution in [0.4, 0.5) is 0 Å². The smallest absolute Gasteiger partial charge is 0.312 e. The van der Waals surface area contributed by atoms with Crippen molar-refractivity contribution in [3.63, 3.8) is 0 Å². The van der Waals surface area contributed by atoms with Crippen molar-refractivity contribution in [3.05, 3.63) is 25.3 Å². The van der Waals surface area contributed by atoms with Crippen molar-refractivity contribution in [1.82, 2.24) is 14.7 Å². The summed E-state index contributed by atoms with van der Waals surface area (Å²) in [7, 11) is 0. The van der Waals surface area contributed by atoms with Gasteiger partial charge in [-0.2, -0.15) is 0 Å². The second-order valence-electron chi connectivity index (χ2n) is 11.2. The summed E-state index contributed by atoms with van der Waals surface area (Å²) in [5, 5.41) is 10.4. The molecule has 2 bridgehead atoms. The molecule has 4 aliphatic rings. The predicted octanol–water partition coefficient (Wildman–Crippen LogP) is 1.22. The minimum Gasteiger partial charge on any atom is -0.465 e. The average Bonchev–Trinajstić information content (AvgIpc) is 3.51. The third kappa shape index (κ3) is 5.57. The predicted molar refractivity (Wildman–Crippen MR) is 148 cm³/mol. The Morgan fingerprint density at radius 1 is 1.28 bits per heavy atom. The highest BCUT2D eigenvalue weighted by Crippen LogP contribution is 2.60. The van der Waals surface area contributed by atoms with Crippen LogP contribution in [-0.4, -0.2) is 125 Å². The summed E-state index contributed by atoms with van der Waals surface area (Å²) < 4.78 is 17.5. The zero-order valence-electron chi connectivity index (χ0n) is 23.0. The van der Waals surface area contributed by atoms with Gasteiger partial charge < -0.3 is 29.1 Å². The van der Waals surface area contributed by atoms with E-state index in [0.29, 0.717) is 45.7 Å². The normalized spacial score (nSPS) is 32.8. The number of hydrogen-bond acceptors (Lipinski definition) is 8. The zero-order valence-corrected chi connectivity index (χ0v) is 24.6. The highest BCUT2D eigenvalue weighted by Gasteiger charge is 2.77. The quantitative estimate of drug-likeness (QED) is 0.143. The fourth-order valence-electron chi connectivity index (χ4n) is 6.64. The lowest BCUT2D eigenvalue weighted by Gasteiger charge is -2.41. The van der Waals surface area contributed by atoms with Gasteiger partial charge in [-0.1, -0.05) is 41.9 Å². The van der Waals surface area contributed by atoms with Gasteiger partial charge in [-0.15, -0.1) is 13.2 Å². The molecule has 0 saturated carbocycles. The Kier molecular flexibility index (Phi) is 9.91. The molecule has 0 aromatic carbocycles. The summed E-state index contributed by atoms with van der Waals surface area (Å²) in [6, 6.07) is -1.58. The molecular weight excluding hydrogens is 570 g/mol. The molecule has 7 atom stereocenters. The van der Waals surface area contributed by atoms with Crippen LogP contribution < -0.4 is 0 Å². The van der Waals surface area contributed by atoms with E-state index in [1.807, 2.05) is 13.8 Å². The topological polar surface area (TPSA) is 109 Å². The second kappa shape index (κ2) is 12.8. The number of ether oxygens (including phenoxy) is 3. The molecule has 4 fully saturated rings. The van der Waals surface area contributed by atoms with Crippen molar-refractivity contribution in [2.45, 2.75) is 55.3 Å². The summed E-state index contributed by atoms with van der Waals surface area (Å²) in [5.41, 5.74) is -1.20. The minimum absolute atomic E-state index is 0.124. The van der Waals surface area contributed by atoms with E-state index in [-0.39, 0.29) is 35.8 Å². The molecule has 11 heteroatoms. The van der Waals surface area contributed by atoms with E-state index in [9.17, 15) is 19.5 Å². The molecular formula is C28H42BrN3O7. The van der Waals surface area contributed by atoms with Crippen LogP contribution in [0.3, 0.4) is 0 Å². The maximum atomic E-state index is 14.5. The number of esters is 1. The van der Waals surface area contributed by atoms with E-state index in [4.69, 9.17) is 14.2 Å². The Bertz CT molecular complexity index is 942. The fourth-order valence-corrected chi connectivity index (χ4v) is 7.58. The van der Waals surface area contributed by atoms with E-state index in [1.165, 1.54) is 4.90 Å². The molecule has 0 aliphatic carbocycles. The number of hydrogen-bond donors (Lipinski definition) is 1. The number of aliphatic hydroxyl groups is 1. The molecule has 1 spiro atoms. The molecule has 39 heavy (non-hydrogen) atoms. The van der Waals surface area contributed by atoms with Crippen molar-refractivity contribution >= 4 is 33.7 Å². The lowest BCUT2D eigenvalue weighted by molar-refractivity contribution is -0.157. The van der Waals surface area contributed by atoms with E-state index in [0.717, 1.165) is 13.1 Å². The lowest BCUT2D eigenvalue weighted by atomic mass is 9.70. The van der Waals surface area contributed by atoms with Gasteiger partial charge in [-0.25, -0.2) is 0 Å². The molecule has 0 aromatic rings. The van der Waals surface area contributed by atoms with Gasteiger partial charge in [0.15, 0.2) is 0 Å². The number of carbonyl (C=O) groups is 3. The SMILES string of the molecule is C=CCCOC(=O)[C@H]1[C@@H]2OC3(CC2Br)C(C(=O)N(CC=C)CCN2CCOCC2)N([C@@H](CO)C(C)C)C(=O)[C@H]13. The average molecular weight is 613 g/mol. The zero-order chi connectivity index (χ0) is 28.3. The van der Waals surface area contributed by atoms with E-state index >= 15 is 0 Å². The lowest BCUT2D eigenvalue weighted by Crippen LogP contribution is -2.60. The van der Waals surface area contributed by atoms with Crippen LogP contribution in [0.15, 0.2) is 25.3 Å². The first kappa shape index (κ1) is 30.2. The molecule has 0 aromatic heterocycles. The van der Waals surface area contributed by atoms with Crippen LogP contribution in [0, 0.1) is 17.8 Å². The summed E-state index contributed by atoms with van der Waals surface area (Å²) in [6.45, 7) is 15.5. The van der Waals surface area contributed by atoms with Crippen molar-refractivity contribution < 1.29 is 33.7 Å². The van der Waals surface area contributed by atoms with Crippen LogP contribution in [-0.2, 0) is 28.6 Å². The van der Waals surface area contributed by atoms with Crippen molar-refractivity contribution in [3.8, 4) is 0 Å². The molecule has 4 rings (SSSR count). The number of alkyl halides is 1. The Hall–Kier alpha value is -1.79. The standard InChI is InChI=1S/C28H42BrN3O7/c1-5-7-13-38-27(36)21-22-25(34)32(20(17-33)18(3)4)24(28(22)16-19(29)23(21)39-28)26(35)31(8-6-2)10-9-30-11-14-37-15-12-30/h5-6,18-24,33H,1-2,7-17H2,3-4H3/t19?,20-,21+,22-,23+,24?,28?/m0/s1. The highest BCUT2D eigenvalue weighted by molar-refractivity contribution is 9.09. The number of aliphatic hydroxyl groups excluding tert-OH is 1. The molecule has 4 heterocycles. The molecule has 0 radical (unpaired) electrons. The van der Waals surface area contributed by atoms with Crippen molar-refractivity contribution in [2.75, 3.05) is 59.2 Å². The van der Waals surface area contributed by atoms with Crippen LogP contribution in [0.5, 0.6) is 0 Å². The van der Waals surface area contributed by atoms with E-state index in [2.05, 4.69) is 34.0 Å². The van der Waals surface area contributed by atoms with Gasteiger partial charge in [0, 0.05) is 37.6 Å². The number of amides is 2. The molecule has 10 nitrogen and oxygen atoms in total. The van der Waals surface area contributed by atoms with Gasteiger partial charge in [-0.05, 0) is 18.8 Å². The van der Waals surface area contributed by atoms with Crippen LogP contribution in [0.25, 0.3) is 0 Å². The Labute approximate surface area is 239 Å². The molecule has 218 valence electrons. The fraction of sp³-hybridized carbons (Fsp3) is 0.750. The number of rotatable bonds is 13. The van der Waals surface area contributed by atoms with Crippen molar-refractivity contribution in [2.24, 2.45) is 17.8 Å². The van der Waals surface area contributed by atoms with Crippen molar-refractivity contribution in [1.29, 1.82) is 0 Å². The first-order valence-corrected chi connectivity index (χ1v) is 14.9. The molecule has 2 amide bonds. The van der Waals surface area contributed by atoms with E-state index < -0.39 is 41.6 Å². The maximum Gasteiger partial charge on any atom is 0.312 e. The molecule has 3 unspecified atom stereocenters. The van der Waals surface area contributed by atoms with Crippen LogP contribution >= 0.6 is 15.9 Å². The third-order valence-electron chi connectivity index (χ3n) is 8.56. The van der Waals surface area contributed by atoms with Crippen LogP contribution in [0.1, 0.15) is 26.7 Å². The first-order chi connectivity index (χ1) is 18.7. The monoisotopic (exact) mass is 611 g/mol. The molecule has 4 saturated heterocycles. The van der Waals surface area contributed by atoms with Gasteiger partial charge in [0.05, 0.1) is 50.4 Å². The maximum absolute atomic E-state index is 14.5. The summed E-state index contributed by atoms with van der Waals surface area (Å²) in [6.07, 6.45) is 3.66. The number of fused-ring (bicyclic) bond motifs is 1. The number of halogens is 1. The number of nitrogens with zero attached hydrogens (tertiary/aromatic N) is 3. The number of morpholine rings is 1. The van der Waals surface area contributed by atoms with E-state index in [1.54, 1.807) is 17.1 Å². The Balaban J connectivity index is 1.69. The Morgan fingerprint density at radius 3 is 2.62 bits per heavy atom.